The van der Waals surface area contributed by atoms with Crippen LogP contribution in [0.25, 0.3) is 0 Å². The first-order valence-electron chi connectivity index (χ1n) is 7.34. The van der Waals surface area contributed by atoms with Gasteiger partial charge in [-0.3, -0.25) is 9.59 Å². The van der Waals surface area contributed by atoms with Crippen molar-refractivity contribution >= 4 is 11.9 Å². The van der Waals surface area contributed by atoms with E-state index in [1.807, 2.05) is 0 Å². The molecule has 0 fully saturated rings. The number of aliphatic carboxylic acids is 1. The van der Waals surface area contributed by atoms with Crippen LogP contribution in [0.3, 0.4) is 0 Å². The Morgan fingerprint density at radius 1 is 0.833 bits per heavy atom. The number of hydrogen-bond donors (Lipinski definition) is 3. The molecule has 2 aromatic rings. The first kappa shape index (κ1) is 19.0. The number of carbonyl (C=O) groups excluding carboxylic acids is 1. The van der Waals surface area contributed by atoms with E-state index in [-0.39, 0.29) is 30.3 Å². The van der Waals surface area contributed by atoms with Gasteiger partial charge >= 0.3 is 11.9 Å². The number of esters is 1. The summed E-state index contributed by atoms with van der Waals surface area (Å²) >= 11 is 0. The highest BCUT2D eigenvalue weighted by Gasteiger charge is 2.02. The van der Waals surface area contributed by atoms with Gasteiger partial charge in [0.1, 0.15) is 11.5 Å². The Morgan fingerprint density at radius 3 is 1.62 bits per heavy atom. The molecule has 3 N–H and O–H groups in total. The minimum absolute atomic E-state index is 0.000278. The van der Waals surface area contributed by atoms with E-state index in [0.717, 1.165) is 5.56 Å². The lowest BCUT2D eigenvalue weighted by Gasteiger charge is -2.01. The Kier molecular flexibility index (Phi) is 7.84. The summed E-state index contributed by atoms with van der Waals surface area (Å²) in [7, 11) is 0. The summed E-state index contributed by atoms with van der Waals surface area (Å²) in [6.07, 6.45) is 0.258. The Morgan fingerprint density at radius 2 is 1.25 bits per heavy atom. The van der Waals surface area contributed by atoms with Crippen molar-refractivity contribution in [3.63, 3.8) is 0 Å². The molecule has 0 atom stereocenters. The van der Waals surface area contributed by atoms with Gasteiger partial charge in [-0.05, 0) is 42.3 Å². The van der Waals surface area contributed by atoms with Crippen molar-refractivity contribution in [2.24, 2.45) is 0 Å². The summed E-state index contributed by atoms with van der Waals surface area (Å²) in [5.74, 6) is -0.754. The van der Waals surface area contributed by atoms with Gasteiger partial charge in [0.2, 0.25) is 0 Å². The molecular weight excluding hydrogens is 312 g/mol. The van der Waals surface area contributed by atoms with Crippen molar-refractivity contribution in [3.8, 4) is 11.5 Å². The van der Waals surface area contributed by atoms with Gasteiger partial charge in [-0.2, -0.15) is 0 Å². The summed E-state index contributed by atoms with van der Waals surface area (Å²) in [5.41, 5.74) is 1.53. The van der Waals surface area contributed by atoms with Crippen LogP contribution in [0.1, 0.15) is 18.1 Å². The van der Waals surface area contributed by atoms with Crippen LogP contribution in [-0.2, 0) is 27.2 Å². The molecule has 0 aliphatic carbocycles. The summed E-state index contributed by atoms with van der Waals surface area (Å²) < 4.78 is 4.77. The van der Waals surface area contributed by atoms with Crippen LogP contribution in [0, 0.1) is 0 Å². The maximum absolute atomic E-state index is 11.0. The third-order valence-electron chi connectivity index (χ3n) is 2.88. The van der Waals surface area contributed by atoms with E-state index in [4.69, 9.17) is 20.1 Å². The molecular formula is C18H20O6. The van der Waals surface area contributed by atoms with Crippen LogP contribution >= 0.6 is 0 Å². The molecule has 0 saturated carbocycles. The Hall–Kier alpha value is -3.02. The molecule has 0 unspecified atom stereocenters. The number of ether oxygens (including phenoxy) is 1. The van der Waals surface area contributed by atoms with E-state index in [2.05, 4.69) is 0 Å². The molecule has 0 spiro atoms. The van der Waals surface area contributed by atoms with Crippen LogP contribution in [0.2, 0.25) is 0 Å². The molecule has 24 heavy (non-hydrogen) atoms. The molecule has 0 heterocycles. The molecule has 0 aliphatic heterocycles. The van der Waals surface area contributed by atoms with Crippen LogP contribution < -0.4 is 0 Å². The largest absolute Gasteiger partial charge is 0.508 e. The second kappa shape index (κ2) is 9.89. The number of carboxylic acid groups (broad SMARTS) is 1. The van der Waals surface area contributed by atoms with Gasteiger partial charge < -0.3 is 20.1 Å². The third kappa shape index (κ3) is 7.84. The molecule has 0 amide bonds. The fraction of sp³-hybridized carbons (Fsp3) is 0.222. The summed E-state index contributed by atoms with van der Waals surface area (Å²) in [5, 5.41) is 26.2. The van der Waals surface area contributed by atoms with Gasteiger partial charge in [0.05, 0.1) is 19.4 Å². The quantitative estimate of drug-likeness (QED) is 0.727. The number of phenolic OH excluding ortho intramolecular Hbond substituents is 2. The van der Waals surface area contributed by atoms with Gasteiger partial charge in [0.25, 0.3) is 0 Å². The maximum atomic E-state index is 11.0. The average molecular weight is 332 g/mol. The van der Waals surface area contributed by atoms with E-state index in [9.17, 15) is 9.59 Å². The molecule has 2 rings (SSSR count). The lowest BCUT2D eigenvalue weighted by atomic mass is 10.1. The highest BCUT2D eigenvalue weighted by atomic mass is 16.5. The molecule has 6 heteroatoms. The zero-order chi connectivity index (χ0) is 17.9. The van der Waals surface area contributed by atoms with Crippen LogP contribution in [0.5, 0.6) is 11.5 Å². The number of phenols is 2. The van der Waals surface area contributed by atoms with E-state index >= 15 is 0 Å². The van der Waals surface area contributed by atoms with Crippen molar-refractivity contribution in [2.75, 3.05) is 6.61 Å². The highest BCUT2D eigenvalue weighted by Crippen LogP contribution is 2.10. The maximum Gasteiger partial charge on any atom is 0.310 e. The fourth-order valence-corrected chi connectivity index (χ4v) is 1.78. The topological polar surface area (TPSA) is 104 Å². The highest BCUT2D eigenvalue weighted by molar-refractivity contribution is 5.72. The second-order valence-corrected chi connectivity index (χ2v) is 4.89. The monoisotopic (exact) mass is 332 g/mol. The third-order valence-corrected chi connectivity index (χ3v) is 2.88. The van der Waals surface area contributed by atoms with Gasteiger partial charge in [0.15, 0.2) is 0 Å². The molecule has 2 aromatic carbocycles. The van der Waals surface area contributed by atoms with Crippen molar-refractivity contribution < 1.29 is 29.6 Å². The second-order valence-electron chi connectivity index (χ2n) is 4.89. The van der Waals surface area contributed by atoms with Crippen LogP contribution in [0.15, 0.2) is 48.5 Å². The number of aromatic hydroxyl groups is 2. The molecule has 0 aromatic heterocycles. The zero-order valence-corrected chi connectivity index (χ0v) is 13.3. The zero-order valence-electron chi connectivity index (χ0n) is 13.3. The lowest BCUT2D eigenvalue weighted by molar-refractivity contribution is -0.142. The standard InChI is InChI=1S/C10H12O3.C8H8O3/c1-2-13-10(12)7-8-3-5-9(11)6-4-8;9-7-3-1-6(2-4-7)5-8(10)11/h3-6,11H,2,7H2,1H3;1-4,9H,5H2,(H,10,11). The molecule has 128 valence electrons. The van der Waals surface area contributed by atoms with Gasteiger partial charge in [-0.25, -0.2) is 0 Å². The molecule has 0 radical (unpaired) electrons. The van der Waals surface area contributed by atoms with Crippen molar-refractivity contribution in [3.05, 3.63) is 59.7 Å². The lowest BCUT2D eigenvalue weighted by Crippen LogP contribution is -2.07. The molecule has 0 bridgehead atoms. The van der Waals surface area contributed by atoms with E-state index < -0.39 is 5.97 Å². The predicted octanol–water partition coefficient (Wildman–Crippen LogP) is 2.52. The smallest absolute Gasteiger partial charge is 0.310 e. The molecule has 0 aliphatic rings. The summed E-state index contributed by atoms with van der Waals surface area (Å²) in [4.78, 5) is 21.2. The number of rotatable bonds is 5. The SMILES string of the molecule is CCOC(=O)Cc1ccc(O)cc1.O=C(O)Cc1ccc(O)cc1. The van der Waals surface area contributed by atoms with Gasteiger partial charge in [0, 0.05) is 0 Å². The minimum Gasteiger partial charge on any atom is -0.508 e. The van der Waals surface area contributed by atoms with Crippen LogP contribution in [0.4, 0.5) is 0 Å². The Balaban J connectivity index is 0.000000243. The first-order valence-corrected chi connectivity index (χ1v) is 7.34. The summed E-state index contributed by atoms with van der Waals surface area (Å²) in [6, 6.07) is 12.6. The predicted molar refractivity (Wildman–Crippen MR) is 87.9 cm³/mol. The number of carboxylic acids is 1. The first-order chi connectivity index (χ1) is 11.4. The number of carbonyl (C=O) groups is 2. The van der Waals surface area contributed by atoms with Gasteiger partial charge in [-0.15, -0.1) is 0 Å². The van der Waals surface area contributed by atoms with E-state index in [0.29, 0.717) is 12.2 Å². The fourth-order valence-electron chi connectivity index (χ4n) is 1.78. The van der Waals surface area contributed by atoms with Gasteiger partial charge in [-0.1, -0.05) is 24.3 Å². The van der Waals surface area contributed by atoms with Crippen molar-refractivity contribution in [2.45, 2.75) is 19.8 Å². The summed E-state index contributed by atoms with van der Waals surface area (Å²) in [6.45, 7) is 2.17. The normalized spacial score (nSPS) is 9.54. The molecule has 0 saturated heterocycles. The number of benzene rings is 2. The van der Waals surface area contributed by atoms with Crippen molar-refractivity contribution in [1.29, 1.82) is 0 Å². The van der Waals surface area contributed by atoms with Crippen LogP contribution in [-0.4, -0.2) is 33.9 Å². The van der Waals surface area contributed by atoms with Crippen molar-refractivity contribution in [1.82, 2.24) is 0 Å². The number of hydrogen-bond acceptors (Lipinski definition) is 5. The minimum atomic E-state index is -0.865. The van der Waals surface area contributed by atoms with E-state index in [1.54, 1.807) is 43.3 Å². The average Bonchev–Trinajstić information content (AvgIpc) is 2.52. The Labute approximate surface area is 140 Å². The molecule has 6 nitrogen and oxygen atoms in total. The van der Waals surface area contributed by atoms with E-state index in [1.165, 1.54) is 12.1 Å². The Bertz CT molecular complexity index is 646.